The molecule has 0 saturated carbocycles. The van der Waals surface area contributed by atoms with Gasteiger partial charge in [0.05, 0.1) is 4.88 Å². The van der Waals surface area contributed by atoms with Crippen molar-refractivity contribution in [2.45, 2.75) is 19.4 Å². The number of carbonyl (C=O) groups is 1. The van der Waals surface area contributed by atoms with Gasteiger partial charge in [-0.2, -0.15) is 0 Å². The fourth-order valence-electron chi connectivity index (χ4n) is 1.84. The molecular weight excluding hydrogens is 318 g/mol. The number of hydrogen-bond acceptors (Lipinski definition) is 4. The fourth-order valence-corrected chi connectivity index (χ4v) is 3.34. The molecule has 0 fully saturated rings. The van der Waals surface area contributed by atoms with Gasteiger partial charge in [0, 0.05) is 35.0 Å². The zero-order chi connectivity index (χ0) is 15.9. The predicted molar refractivity (Wildman–Crippen MR) is 92.7 cm³/mol. The fraction of sp³-hybridized carbons (Fsp3) is 0.333. The monoisotopic (exact) mass is 337 g/mol. The summed E-state index contributed by atoms with van der Waals surface area (Å²) in [7, 11) is -0.839. The third kappa shape index (κ3) is 5.23. The molecule has 5 nitrogen and oxygen atoms in total. The number of thiazole rings is 1. The van der Waals surface area contributed by atoms with Crippen LogP contribution >= 0.6 is 11.3 Å². The van der Waals surface area contributed by atoms with Crippen LogP contribution in [0.4, 0.5) is 9.93 Å². The van der Waals surface area contributed by atoms with Crippen LogP contribution in [0.5, 0.6) is 0 Å². The van der Waals surface area contributed by atoms with E-state index in [0.717, 1.165) is 10.4 Å². The van der Waals surface area contributed by atoms with Gasteiger partial charge in [-0.05, 0) is 18.9 Å². The molecule has 2 aromatic rings. The van der Waals surface area contributed by atoms with Crippen molar-refractivity contribution >= 4 is 33.3 Å². The molecule has 1 aromatic heterocycles. The van der Waals surface area contributed by atoms with Crippen molar-refractivity contribution in [1.82, 2.24) is 10.3 Å². The lowest BCUT2D eigenvalue weighted by Crippen LogP contribution is -2.36. The Morgan fingerprint density at radius 1 is 1.36 bits per heavy atom. The second-order valence-electron chi connectivity index (χ2n) is 4.96. The third-order valence-corrected chi connectivity index (χ3v) is 4.77. The van der Waals surface area contributed by atoms with Gasteiger partial charge in [-0.15, -0.1) is 0 Å². The molecule has 0 unspecified atom stereocenters. The van der Waals surface area contributed by atoms with Crippen LogP contribution in [0.2, 0.25) is 0 Å². The highest BCUT2D eigenvalue weighted by Gasteiger charge is 2.10. The molecule has 0 radical (unpaired) electrons. The quantitative estimate of drug-likeness (QED) is 0.851. The lowest BCUT2D eigenvalue weighted by atomic mass is 10.2. The molecule has 0 aliphatic carbocycles. The molecule has 0 saturated heterocycles. The van der Waals surface area contributed by atoms with E-state index in [2.05, 4.69) is 15.6 Å². The maximum Gasteiger partial charge on any atom is 0.321 e. The largest absolute Gasteiger partial charge is 0.335 e. The normalized spacial score (nSPS) is 13.4. The Bertz CT molecular complexity index is 643. The zero-order valence-corrected chi connectivity index (χ0v) is 14.2. The van der Waals surface area contributed by atoms with Gasteiger partial charge in [0.2, 0.25) is 0 Å². The first-order chi connectivity index (χ1) is 10.5. The summed E-state index contributed by atoms with van der Waals surface area (Å²) in [4.78, 5) is 17.1. The highest BCUT2D eigenvalue weighted by atomic mass is 32.2. The van der Waals surface area contributed by atoms with Crippen molar-refractivity contribution in [3.8, 4) is 10.4 Å². The second kappa shape index (κ2) is 8.05. The average Bonchev–Trinajstić information content (AvgIpc) is 2.94. The number of rotatable bonds is 6. The van der Waals surface area contributed by atoms with Crippen LogP contribution in [-0.2, 0) is 10.8 Å². The number of amides is 2. The van der Waals surface area contributed by atoms with E-state index in [4.69, 9.17) is 0 Å². The van der Waals surface area contributed by atoms with Crippen molar-refractivity contribution in [1.29, 1.82) is 0 Å². The molecule has 2 N–H and O–H groups in total. The molecule has 22 heavy (non-hydrogen) atoms. The van der Waals surface area contributed by atoms with Crippen LogP contribution in [0.3, 0.4) is 0 Å². The molecule has 2 atom stereocenters. The number of benzene rings is 1. The Hall–Kier alpha value is -1.73. The van der Waals surface area contributed by atoms with Crippen molar-refractivity contribution < 1.29 is 9.00 Å². The number of hydrogen-bond donors (Lipinski definition) is 2. The van der Waals surface area contributed by atoms with Crippen molar-refractivity contribution in [3.05, 3.63) is 36.5 Å². The van der Waals surface area contributed by atoms with Crippen LogP contribution < -0.4 is 10.6 Å². The first-order valence-corrected chi connectivity index (χ1v) is 9.48. The van der Waals surface area contributed by atoms with E-state index in [9.17, 15) is 9.00 Å². The van der Waals surface area contributed by atoms with Gasteiger partial charge in [-0.1, -0.05) is 41.7 Å². The van der Waals surface area contributed by atoms with Crippen molar-refractivity contribution in [3.63, 3.8) is 0 Å². The Balaban J connectivity index is 1.87. The molecule has 118 valence electrons. The third-order valence-electron chi connectivity index (χ3n) is 3.00. The Labute approximate surface area is 136 Å². The van der Waals surface area contributed by atoms with Crippen LogP contribution in [0.1, 0.15) is 13.3 Å². The summed E-state index contributed by atoms with van der Waals surface area (Å²) in [5, 5.41) is 6.11. The molecule has 2 amide bonds. The molecule has 0 aliphatic rings. The maximum absolute atomic E-state index is 11.9. The summed E-state index contributed by atoms with van der Waals surface area (Å²) in [6.07, 6.45) is 4.09. The van der Waals surface area contributed by atoms with Crippen LogP contribution in [0.25, 0.3) is 10.4 Å². The summed E-state index contributed by atoms with van der Waals surface area (Å²) in [5.41, 5.74) is 1.08. The van der Waals surface area contributed by atoms with Gasteiger partial charge in [-0.3, -0.25) is 9.53 Å². The van der Waals surface area contributed by atoms with E-state index in [1.807, 2.05) is 37.3 Å². The van der Waals surface area contributed by atoms with Gasteiger partial charge < -0.3 is 5.32 Å². The molecule has 0 aliphatic heterocycles. The minimum absolute atomic E-state index is 0.0301. The van der Waals surface area contributed by atoms with Crippen LogP contribution in [0.15, 0.2) is 36.5 Å². The molecule has 0 spiro atoms. The van der Waals surface area contributed by atoms with E-state index in [0.29, 0.717) is 17.3 Å². The number of nitrogens with one attached hydrogen (secondary N) is 2. The lowest BCUT2D eigenvalue weighted by Gasteiger charge is -2.12. The zero-order valence-electron chi connectivity index (χ0n) is 12.5. The summed E-state index contributed by atoms with van der Waals surface area (Å²) in [5.74, 6) is 0.580. The van der Waals surface area contributed by atoms with Gasteiger partial charge in [0.1, 0.15) is 0 Å². The molecule has 2 rings (SSSR count). The lowest BCUT2D eigenvalue weighted by molar-refractivity contribution is 0.249. The Morgan fingerprint density at radius 3 is 2.77 bits per heavy atom. The standard InChI is InChI=1S/C15H19N3O2S2/c1-11(8-9-22(2)20)17-14(19)18-15-16-10-13(21-15)12-6-4-3-5-7-12/h3-7,10-11H,8-9H2,1-2H3,(H2,16,17,18,19)/t11-,22+/m1/s1. The number of nitrogens with zero attached hydrogens (tertiary/aromatic N) is 1. The van der Waals surface area contributed by atoms with Crippen molar-refractivity contribution in [2.24, 2.45) is 0 Å². The summed E-state index contributed by atoms with van der Waals surface area (Å²) >= 11 is 1.43. The van der Waals surface area contributed by atoms with E-state index in [1.54, 1.807) is 12.5 Å². The van der Waals surface area contributed by atoms with Gasteiger partial charge >= 0.3 is 6.03 Å². The van der Waals surface area contributed by atoms with Crippen LogP contribution in [0, 0.1) is 0 Å². The molecule has 1 aromatic carbocycles. The predicted octanol–water partition coefficient (Wildman–Crippen LogP) is 3.09. The van der Waals surface area contributed by atoms with E-state index >= 15 is 0 Å². The SMILES string of the molecule is C[C@H](CC[S@](C)=O)NC(=O)Nc1ncc(-c2ccccc2)s1. The summed E-state index contributed by atoms with van der Waals surface area (Å²) in [6, 6.07) is 9.58. The average molecular weight is 337 g/mol. The minimum atomic E-state index is -0.839. The highest BCUT2D eigenvalue weighted by Crippen LogP contribution is 2.28. The minimum Gasteiger partial charge on any atom is -0.335 e. The number of carbonyl (C=O) groups excluding carboxylic acids is 1. The van der Waals surface area contributed by atoms with Crippen molar-refractivity contribution in [2.75, 3.05) is 17.3 Å². The topological polar surface area (TPSA) is 71.1 Å². The second-order valence-corrected chi connectivity index (χ2v) is 7.55. The Kier molecular flexibility index (Phi) is 6.09. The summed E-state index contributed by atoms with van der Waals surface area (Å²) in [6.45, 7) is 1.89. The summed E-state index contributed by atoms with van der Waals surface area (Å²) < 4.78 is 11.0. The van der Waals surface area contributed by atoms with E-state index < -0.39 is 10.8 Å². The smallest absolute Gasteiger partial charge is 0.321 e. The van der Waals surface area contributed by atoms with E-state index in [1.165, 1.54) is 11.3 Å². The highest BCUT2D eigenvalue weighted by molar-refractivity contribution is 7.84. The van der Waals surface area contributed by atoms with E-state index in [-0.39, 0.29) is 12.1 Å². The van der Waals surface area contributed by atoms with Gasteiger partial charge in [0.25, 0.3) is 0 Å². The molecular formula is C15H19N3O2S2. The number of urea groups is 1. The molecule has 1 heterocycles. The van der Waals surface area contributed by atoms with Gasteiger partial charge in [-0.25, -0.2) is 9.78 Å². The maximum atomic E-state index is 11.9. The molecule has 7 heteroatoms. The van der Waals surface area contributed by atoms with Gasteiger partial charge in [0.15, 0.2) is 5.13 Å². The first kappa shape index (κ1) is 16.6. The molecule has 0 bridgehead atoms. The number of anilines is 1. The number of aromatic nitrogens is 1. The van der Waals surface area contributed by atoms with Crippen LogP contribution in [-0.4, -0.2) is 33.3 Å². The Morgan fingerprint density at radius 2 is 2.09 bits per heavy atom. The first-order valence-electron chi connectivity index (χ1n) is 6.93.